The molecule has 0 aliphatic heterocycles. The second-order valence-electron chi connectivity index (χ2n) is 4.92. The van der Waals surface area contributed by atoms with Crippen molar-refractivity contribution in [1.82, 2.24) is 5.32 Å². The molecule has 2 aromatic rings. The Labute approximate surface area is 132 Å². The molecule has 2 aromatic carbocycles. The molecule has 0 spiro atoms. The van der Waals surface area contributed by atoms with Gasteiger partial charge in [-0.1, -0.05) is 30.3 Å². The number of hydrogen-bond acceptors (Lipinski definition) is 2. The van der Waals surface area contributed by atoms with E-state index < -0.39 is 0 Å². The number of nitrogens with one attached hydrogen (secondary N) is 1. The van der Waals surface area contributed by atoms with Crippen molar-refractivity contribution in [1.29, 1.82) is 0 Å². The van der Waals surface area contributed by atoms with Crippen molar-refractivity contribution in [2.75, 3.05) is 5.75 Å². The fourth-order valence-electron chi connectivity index (χ4n) is 1.99. The summed E-state index contributed by atoms with van der Waals surface area (Å²) in [4.78, 5) is 11.9. The van der Waals surface area contributed by atoms with Crippen LogP contribution in [0.2, 0.25) is 0 Å². The highest BCUT2D eigenvalue weighted by atomic mass is 32.2. The van der Waals surface area contributed by atoms with Crippen LogP contribution in [0.5, 0.6) is 0 Å². The van der Waals surface area contributed by atoms with Gasteiger partial charge in [-0.05, 0) is 36.2 Å². The fourth-order valence-corrected chi connectivity index (χ4v) is 2.81. The van der Waals surface area contributed by atoms with E-state index >= 15 is 0 Å². The maximum absolute atomic E-state index is 13.4. The lowest BCUT2D eigenvalue weighted by molar-refractivity contribution is -0.119. The lowest BCUT2D eigenvalue weighted by Crippen LogP contribution is -2.28. The summed E-state index contributed by atoms with van der Waals surface area (Å²) in [6.07, 6.45) is 0. The molecule has 1 unspecified atom stereocenters. The summed E-state index contributed by atoms with van der Waals surface area (Å²) < 4.78 is 26.3. The third kappa shape index (κ3) is 4.84. The lowest BCUT2D eigenvalue weighted by Gasteiger charge is -2.14. The lowest BCUT2D eigenvalue weighted by atomic mass is 10.1. The predicted octanol–water partition coefficient (Wildman–Crippen LogP) is 4.08. The number of thioether (sulfide) groups is 1. The molecule has 5 heteroatoms. The third-order valence-electron chi connectivity index (χ3n) is 3.20. The van der Waals surface area contributed by atoms with Gasteiger partial charge in [-0.25, -0.2) is 8.78 Å². The van der Waals surface area contributed by atoms with Gasteiger partial charge in [-0.2, -0.15) is 0 Å². The summed E-state index contributed by atoms with van der Waals surface area (Å²) >= 11 is 1.36. The molecule has 1 atom stereocenters. The Balaban J connectivity index is 1.78. The van der Waals surface area contributed by atoms with Gasteiger partial charge in [0.1, 0.15) is 11.6 Å². The molecule has 0 saturated heterocycles. The van der Waals surface area contributed by atoms with Crippen molar-refractivity contribution in [2.24, 2.45) is 0 Å². The average Bonchev–Trinajstić information content (AvgIpc) is 2.50. The number of amides is 1. The Morgan fingerprint density at radius 2 is 1.82 bits per heavy atom. The van der Waals surface area contributed by atoms with Crippen molar-refractivity contribution in [3.05, 3.63) is 71.3 Å². The van der Waals surface area contributed by atoms with Crippen LogP contribution < -0.4 is 5.32 Å². The van der Waals surface area contributed by atoms with E-state index in [4.69, 9.17) is 0 Å². The van der Waals surface area contributed by atoms with Gasteiger partial charge in [0.15, 0.2) is 0 Å². The zero-order valence-electron chi connectivity index (χ0n) is 12.2. The smallest absolute Gasteiger partial charge is 0.230 e. The molecule has 1 amide bonds. The molecule has 0 aliphatic rings. The van der Waals surface area contributed by atoms with Gasteiger partial charge in [0, 0.05) is 5.75 Å². The first kappa shape index (κ1) is 16.5. The van der Waals surface area contributed by atoms with Gasteiger partial charge in [0.2, 0.25) is 5.91 Å². The first-order valence-electron chi connectivity index (χ1n) is 6.92. The Kier molecular flexibility index (Phi) is 5.95. The van der Waals surface area contributed by atoms with E-state index in [0.29, 0.717) is 11.3 Å². The minimum Gasteiger partial charge on any atom is -0.349 e. The maximum Gasteiger partial charge on any atom is 0.230 e. The van der Waals surface area contributed by atoms with E-state index in [2.05, 4.69) is 5.32 Å². The molecule has 0 saturated carbocycles. The summed E-state index contributed by atoms with van der Waals surface area (Å²) in [7, 11) is 0. The van der Waals surface area contributed by atoms with Crippen LogP contribution in [0, 0.1) is 11.6 Å². The fraction of sp³-hybridized carbons (Fsp3) is 0.235. The third-order valence-corrected chi connectivity index (χ3v) is 4.18. The van der Waals surface area contributed by atoms with Crippen molar-refractivity contribution in [3.8, 4) is 0 Å². The molecule has 2 nitrogen and oxygen atoms in total. The van der Waals surface area contributed by atoms with Crippen molar-refractivity contribution in [2.45, 2.75) is 18.7 Å². The van der Waals surface area contributed by atoms with Gasteiger partial charge < -0.3 is 5.32 Å². The van der Waals surface area contributed by atoms with Crippen LogP contribution in [0.25, 0.3) is 0 Å². The number of carbonyl (C=O) groups is 1. The Bertz CT molecular complexity index is 631. The molecule has 0 aliphatic carbocycles. The standard InChI is InChI=1S/C17H17F2NOS/c1-12(13-6-8-15(18)9-7-13)20-17(21)11-22-10-14-4-2-3-5-16(14)19/h2-9,12H,10-11H2,1H3,(H,20,21). The first-order valence-corrected chi connectivity index (χ1v) is 8.07. The van der Waals surface area contributed by atoms with Gasteiger partial charge in [0.05, 0.1) is 11.8 Å². The minimum atomic E-state index is -0.303. The average molecular weight is 321 g/mol. The topological polar surface area (TPSA) is 29.1 Å². The van der Waals surface area contributed by atoms with Gasteiger partial charge in [-0.15, -0.1) is 11.8 Å². The zero-order valence-corrected chi connectivity index (χ0v) is 13.0. The van der Waals surface area contributed by atoms with E-state index in [9.17, 15) is 13.6 Å². The molecule has 0 fully saturated rings. The monoisotopic (exact) mass is 321 g/mol. The largest absolute Gasteiger partial charge is 0.349 e. The molecule has 0 aromatic heterocycles. The first-order chi connectivity index (χ1) is 10.6. The van der Waals surface area contributed by atoms with Crippen LogP contribution in [0.1, 0.15) is 24.1 Å². The Morgan fingerprint density at radius 1 is 1.14 bits per heavy atom. The van der Waals surface area contributed by atoms with Crippen LogP contribution in [0.3, 0.4) is 0 Å². The van der Waals surface area contributed by atoms with E-state index in [1.807, 2.05) is 6.92 Å². The summed E-state index contributed by atoms with van der Waals surface area (Å²) in [6, 6.07) is 12.4. The quantitative estimate of drug-likeness (QED) is 0.869. The summed E-state index contributed by atoms with van der Waals surface area (Å²) in [5.74, 6) is 0.0150. The highest BCUT2D eigenvalue weighted by molar-refractivity contribution is 7.99. The van der Waals surface area contributed by atoms with Gasteiger partial charge in [-0.3, -0.25) is 4.79 Å². The summed E-state index contributed by atoms with van der Waals surface area (Å²) in [6.45, 7) is 1.84. The molecular formula is C17H17F2NOS. The summed E-state index contributed by atoms with van der Waals surface area (Å²) in [5.41, 5.74) is 1.43. The number of halogens is 2. The molecule has 116 valence electrons. The van der Waals surface area contributed by atoms with E-state index in [1.54, 1.807) is 30.3 Å². The molecule has 1 N–H and O–H groups in total. The number of carbonyl (C=O) groups excluding carboxylic acids is 1. The van der Waals surface area contributed by atoms with E-state index in [0.717, 1.165) is 5.56 Å². The molecule has 0 heterocycles. The molecule has 2 rings (SSSR count). The Morgan fingerprint density at radius 3 is 2.50 bits per heavy atom. The highest BCUT2D eigenvalue weighted by Crippen LogP contribution is 2.16. The maximum atomic E-state index is 13.4. The highest BCUT2D eigenvalue weighted by Gasteiger charge is 2.10. The predicted molar refractivity (Wildman–Crippen MR) is 85.5 cm³/mol. The second-order valence-corrected chi connectivity index (χ2v) is 5.91. The van der Waals surface area contributed by atoms with Crippen LogP contribution >= 0.6 is 11.8 Å². The van der Waals surface area contributed by atoms with Crippen LogP contribution in [-0.4, -0.2) is 11.7 Å². The Hall–Kier alpha value is -1.88. The number of hydrogen-bond donors (Lipinski definition) is 1. The molecular weight excluding hydrogens is 304 g/mol. The van der Waals surface area contributed by atoms with Crippen LogP contribution in [0.4, 0.5) is 8.78 Å². The van der Waals surface area contributed by atoms with Crippen molar-refractivity contribution < 1.29 is 13.6 Å². The molecule has 22 heavy (non-hydrogen) atoms. The summed E-state index contributed by atoms with van der Waals surface area (Å²) in [5, 5.41) is 2.84. The number of rotatable bonds is 6. The van der Waals surface area contributed by atoms with E-state index in [1.165, 1.54) is 30.0 Å². The van der Waals surface area contributed by atoms with Gasteiger partial charge >= 0.3 is 0 Å². The molecule has 0 radical (unpaired) electrons. The van der Waals surface area contributed by atoms with Crippen LogP contribution in [-0.2, 0) is 10.5 Å². The molecule has 0 bridgehead atoms. The number of benzene rings is 2. The SMILES string of the molecule is CC(NC(=O)CSCc1ccccc1F)c1ccc(F)cc1. The normalized spacial score (nSPS) is 12.0. The van der Waals surface area contributed by atoms with Crippen molar-refractivity contribution in [3.63, 3.8) is 0 Å². The van der Waals surface area contributed by atoms with Gasteiger partial charge in [0.25, 0.3) is 0 Å². The second kappa shape index (κ2) is 7.94. The van der Waals surface area contributed by atoms with Crippen molar-refractivity contribution >= 4 is 17.7 Å². The minimum absolute atomic E-state index is 0.127. The van der Waals surface area contributed by atoms with E-state index in [-0.39, 0.29) is 29.3 Å². The zero-order chi connectivity index (χ0) is 15.9. The van der Waals surface area contributed by atoms with Crippen LogP contribution in [0.15, 0.2) is 48.5 Å².